The van der Waals surface area contributed by atoms with Crippen molar-refractivity contribution in [1.82, 2.24) is 4.72 Å². The van der Waals surface area contributed by atoms with Crippen molar-refractivity contribution in [2.24, 2.45) is 0 Å². The van der Waals surface area contributed by atoms with Crippen molar-refractivity contribution >= 4 is 37.3 Å². The summed E-state index contributed by atoms with van der Waals surface area (Å²) in [4.78, 5) is 12.4. The van der Waals surface area contributed by atoms with E-state index in [1.54, 1.807) is 26.0 Å². The third-order valence-electron chi connectivity index (χ3n) is 4.30. The number of ether oxygens (including phenoxy) is 1. The molecule has 31 heavy (non-hydrogen) atoms. The average molecular weight is 470 g/mol. The molecule has 0 spiro atoms. The minimum absolute atomic E-state index is 0.0776. The predicted molar refractivity (Wildman–Crippen MR) is 121 cm³/mol. The molecule has 170 valence electrons. The van der Waals surface area contributed by atoms with Crippen LogP contribution >= 0.6 is 0 Å². The number of anilines is 2. The predicted octanol–water partition coefficient (Wildman–Crippen LogP) is 2.30. The highest BCUT2D eigenvalue weighted by Crippen LogP contribution is 2.28. The van der Waals surface area contributed by atoms with Crippen molar-refractivity contribution < 1.29 is 26.4 Å². The number of nitrogens with one attached hydrogen (secondary N) is 3. The Hall–Kier alpha value is -2.63. The lowest BCUT2D eigenvalue weighted by molar-refractivity contribution is -0.116. The number of amides is 1. The average Bonchev–Trinajstić information content (AvgIpc) is 2.60. The molecule has 0 aromatic heterocycles. The van der Waals surface area contributed by atoms with E-state index in [4.69, 9.17) is 4.74 Å². The smallest absolute Gasteiger partial charge is 0.241 e. The van der Waals surface area contributed by atoms with Crippen LogP contribution in [-0.4, -0.2) is 42.7 Å². The zero-order chi connectivity index (χ0) is 23.4. The van der Waals surface area contributed by atoms with Crippen LogP contribution in [0.2, 0.25) is 0 Å². The van der Waals surface area contributed by atoms with Gasteiger partial charge in [0.25, 0.3) is 0 Å². The molecule has 0 saturated carbocycles. The molecule has 3 N–H and O–H groups in total. The van der Waals surface area contributed by atoms with Crippen LogP contribution in [0.5, 0.6) is 5.75 Å². The quantitative estimate of drug-likeness (QED) is 0.517. The van der Waals surface area contributed by atoms with Crippen molar-refractivity contribution in [3.8, 4) is 5.75 Å². The van der Waals surface area contributed by atoms with Crippen molar-refractivity contribution in [2.45, 2.75) is 32.1 Å². The second-order valence-electron chi connectivity index (χ2n) is 7.21. The van der Waals surface area contributed by atoms with Gasteiger partial charge in [-0.3, -0.25) is 9.52 Å². The molecule has 0 aliphatic heterocycles. The number of sulfonamides is 2. The maximum Gasteiger partial charge on any atom is 0.241 e. The molecule has 11 heteroatoms. The van der Waals surface area contributed by atoms with Crippen LogP contribution in [-0.2, 0) is 24.8 Å². The minimum Gasteiger partial charge on any atom is -0.494 e. The molecule has 0 aliphatic rings. The summed E-state index contributed by atoms with van der Waals surface area (Å²) in [5.41, 5.74) is 2.88. The number of carbonyl (C=O) groups is 1. The van der Waals surface area contributed by atoms with E-state index in [1.807, 2.05) is 6.92 Å². The van der Waals surface area contributed by atoms with Gasteiger partial charge in [-0.2, -0.15) is 0 Å². The molecule has 2 aromatic carbocycles. The maximum atomic E-state index is 12.6. The Labute approximate surface area is 183 Å². The van der Waals surface area contributed by atoms with Crippen LogP contribution in [0.4, 0.5) is 11.4 Å². The molecular formula is C20H27N3O6S2. The number of aryl methyl sites for hydroxylation is 3. The molecule has 0 radical (unpaired) electrons. The zero-order valence-electron chi connectivity index (χ0n) is 18.1. The van der Waals surface area contributed by atoms with Crippen molar-refractivity contribution in [3.63, 3.8) is 0 Å². The van der Waals surface area contributed by atoms with Gasteiger partial charge in [0.05, 0.1) is 23.9 Å². The summed E-state index contributed by atoms with van der Waals surface area (Å²) in [6.45, 7) is 5.28. The monoisotopic (exact) mass is 469 g/mol. The molecule has 9 nitrogen and oxygen atoms in total. The van der Waals surface area contributed by atoms with E-state index in [0.29, 0.717) is 16.8 Å². The first-order valence-corrected chi connectivity index (χ1v) is 12.7. The van der Waals surface area contributed by atoms with E-state index < -0.39 is 26.0 Å². The van der Waals surface area contributed by atoms with Gasteiger partial charge in [-0.15, -0.1) is 0 Å². The molecule has 0 saturated heterocycles. The Morgan fingerprint density at radius 1 is 1.00 bits per heavy atom. The highest BCUT2D eigenvalue weighted by atomic mass is 32.2. The molecule has 0 atom stereocenters. The Morgan fingerprint density at radius 2 is 1.61 bits per heavy atom. The van der Waals surface area contributed by atoms with Crippen LogP contribution in [0.1, 0.15) is 23.1 Å². The molecule has 2 rings (SSSR count). The maximum absolute atomic E-state index is 12.6. The Morgan fingerprint density at radius 3 is 2.16 bits per heavy atom. The number of carbonyl (C=O) groups excluding carboxylic acids is 1. The topological polar surface area (TPSA) is 131 Å². The SMILES string of the molecule is COc1cc(NC(=O)CCNS(=O)(=O)c2c(C)cc(C)cc2C)ccc1NS(C)(=O)=O. The van der Waals surface area contributed by atoms with Crippen LogP contribution in [0.25, 0.3) is 0 Å². The van der Waals surface area contributed by atoms with Crippen molar-refractivity contribution in [2.75, 3.05) is 29.9 Å². The summed E-state index contributed by atoms with van der Waals surface area (Å²) in [5.74, 6) is -0.180. The van der Waals surface area contributed by atoms with E-state index in [-0.39, 0.29) is 29.3 Å². The van der Waals surface area contributed by atoms with Gasteiger partial charge in [-0.25, -0.2) is 21.6 Å². The number of hydrogen-bond acceptors (Lipinski definition) is 6. The van der Waals surface area contributed by atoms with Crippen LogP contribution in [0.15, 0.2) is 35.2 Å². The number of benzene rings is 2. The lowest BCUT2D eigenvalue weighted by Gasteiger charge is -2.14. The summed E-state index contributed by atoms with van der Waals surface area (Å²) in [5, 5.41) is 2.63. The number of methoxy groups -OCH3 is 1. The normalized spacial score (nSPS) is 11.8. The van der Waals surface area contributed by atoms with Gasteiger partial charge in [0.1, 0.15) is 5.75 Å². The third kappa shape index (κ3) is 6.94. The van der Waals surface area contributed by atoms with Gasteiger partial charge in [-0.05, 0) is 44.0 Å². The lowest BCUT2D eigenvalue weighted by atomic mass is 10.1. The first-order valence-electron chi connectivity index (χ1n) is 9.35. The van der Waals surface area contributed by atoms with Gasteiger partial charge >= 0.3 is 0 Å². The second-order valence-corrected chi connectivity index (χ2v) is 10.7. The van der Waals surface area contributed by atoms with Crippen LogP contribution in [0, 0.1) is 20.8 Å². The number of hydrogen-bond donors (Lipinski definition) is 3. The largest absolute Gasteiger partial charge is 0.494 e. The molecule has 1 amide bonds. The Balaban J connectivity index is 2.01. The Bertz CT molecular complexity index is 1170. The summed E-state index contributed by atoms with van der Waals surface area (Å²) >= 11 is 0. The van der Waals surface area contributed by atoms with Gasteiger partial charge in [0.2, 0.25) is 26.0 Å². The van der Waals surface area contributed by atoms with Crippen molar-refractivity contribution in [3.05, 3.63) is 47.0 Å². The fourth-order valence-electron chi connectivity index (χ4n) is 3.24. The fraction of sp³-hybridized carbons (Fsp3) is 0.350. The van der Waals surface area contributed by atoms with Gasteiger partial charge < -0.3 is 10.1 Å². The molecule has 0 heterocycles. The van der Waals surface area contributed by atoms with E-state index in [0.717, 1.165) is 11.8 Å². The first kappa shape index (κ1) is 24.6. The fourth-order valence-corrected chi connectivity index (χ4v) is 5.29. The van der Waals surface area contributed by atoms with Crippen LogP contribution in [0.3, 0.4) is 0 Å². The molecule has 0 fully saturated rings. The number of rotatable bonds is 9. The molecular weight excluding hydrogens is 442 g/mol. The highest BCUT2D eigenvalue weighted by molar-refractivity contribution is 7.92. The molecule has 0 bridgehead atoms. The van der Waals surface area contributed by atoms with Gasteiger partial charge in [0, 0.05) is 24.7 Å². The summed E-state index contributed by atoms with van der Waals surface area (Å²) in [7, 11) is -5.87. The van der Waals surface area contributed by atoms with Crippen LogP contribution < -0.4 is 19.5 Å². The summed E-state index contributed by atoms with van der Waals surface area (Å²) < 4.78 is 58.0. The third-order valence-corrected chi connectivity index (χ3v) is 6.65. The first-order chi connectivity index (χ1) is 14.3. The van der Waals surface area contributed by atoms with Gasteiger partial charge in [-0.1, -0.05) is 17.7 Å². The zero-order valence-corrected chi connectivity index (χ0v) is 19.7. The van der Waals surface area contributed by atoms with E-state index in [2.05, 4.69) is 14.8 Å². The van der Waals surface area contributed by atoms with E-state index >= 15 is 0 Å². The van der Waals surface area contributed by atoms with Crippen molar-refractivity contribution in [1.29, 1.82) is 0 Å². The molecule has 2 aromatic rings. The summed E-state index contributed by atoms with van der Waals surface area (Å²) in [6, 6.07) is 8.03. The highest BCUT2D eigenvalue weighted by Gasteiger charge is 2.20. The van der Waals surface area contributed by atoms with E-state index in [1.165, 1.54) is 25.3 Å². The summed E-state index contributed by atoms with van der Waals surface area (Å²) in [6.07, 6.45) is 0.928. The molecule has 0 aliphatic carbocycles. The van der Waals surface area contributed by atoms with Gasteiger partial charge in [0.15, 0.2) is 0 Å². The standard InChI is InChI=1S/C20H27N3O6S2/c1-13-10-14(2)20(15(3)11-13)31(27,28)21-9-8-19(24)22-16-6-7-17(18(12-16)29-4)23-30(5,25)26/h6-7,10-12,21,23H,8-9H2,1-5H3,(H,22,24). The Kier molecular flexibility index (Phi) is 7.68. The minimum atomic E-state index is -3.76. The van der Waals surface area contributed by atoms with E-state index in [9.17, 15) is 21.6 Å². The molecule has 0 unspecified atom stereocenters. The lowest BCUT2D eigenvalue weighted by Crippen LogP contribution is -2.29. The second kappa shape index (κ2) is 9.67.